The maximum absolute atomic E-state index is 4.24. The summed E-state index contributed by atoms with van der Waals surface area (Å²) >= 11 is 1.49. The Balaban J connectivity index is 2.68. The molecule has 0 unspecified atom stereocenters. The molecule has 0 saturated carbocycles. The van der Waals surface area contributed by atoms with Gasteiger partial charge in [0.15, 0.2) is 5.65 Å². The lowest BCUT2D eigenvalue weighted by Crippen LogP contribution is -1.64. The van der Waals surface area contributed by atoms with E-state index in [0.29, 0.717) is 0 Å². The van der Waals surface area contributed by atoms with Crippen molar-refractivity contribution in [3.63, 3.8) is 0 Å². The first-order valence-corrected chi connectivity index (χ1v) is 4.59. The predicted molar refractivity (Wildman–Crippen MR) is 51.5 cm³/mol. The van der Waals surface area contributed by atoms with Crippen molar-refractivity contribution in [3.8, 4) is 0 Å². The molecule has 0 bridgehead atoms. The van der Waals surface area contributed by atoms with Crippen molar-refractivity contribution in [3.05, 3.63) is 29.6 Å². The summed E-state index contributed by atoms with van der Waals surface area (Å²) in [6.07, 6.45) is 0. The lowest BCUT2D eigenvalue weighted by molar-refractivity contribution is 1.47. The standard InChI is InChI=1S/C9H6N2S/c1-2-4-8-6(3-1)7-5-12-11-9(7)10-8/h1-5H,(H,10,11). The summed E-state index contributed by atoms with van der Waals surface area (Å²) in [7, 11) is 0. The van der Waals surface area contributed by atoms with Gasteiger partial charge in [0.25, 0.3) is 0 Å². The summed E-state index contributed by atoms with van der Waals surface area (Å²) in [5.41, 5.74) is 2.17. The summed E-state index contributed by atoms with van der Waals surface area (Å²) in [6, 6.07) is 8.26. The second-order valence-corrected chi connectivity index (χ2v) is 3.38. The van der Waals surface area contributed by atoms with Crippen molar-refractivity contribution in [2.24, 2.45) is 0 Å². The zero-order valence-corrected chi connectivity index (χ0v) is 7.06. The Morgan fingerprint density at radius 3 is 3.08 bits per heavy atom. The third-order valence-corrected chi connectivity index (χ3v) is 2.67. The summed E-state index contributed by atoms with van der Waals surface area (Å²) < 4.78 is 4.24. The van der Waals surface area contributed by atoms with Crippen LogP contribution in [0.25, 0.3) is 21.9 Å². The predicted octanol–water partition coefficient (Wildman–Crippen LogP) is 2.78. The van der Waals surface area contributed by atoms with Gasteiger partial charge < -0.3 is 4.98 Å². The number of aromatic amines is 1. The maximum Gasteiger partial charge on any atom is 0.152 e. The van der Waals surface area contributed by atoms with E-state index < -0.39 is 0 Å². The Labute approximate surface area is 73.0 Å². The Kier molecular flexibility index (Phi) is 1.07. The molecular formula is C9H6N2S. The number of para-hydroxylation sites is 1. The van der Waals surface area contributed by atoms with Crippen LogP contribution in [0.3, 0.4) is 0 Å². The molecule has 0 aliphatic rings. The average molecular weight is 174 g/mol. The summed E-state index contributed by atoms with van der Waals surface area (Å²) in [4.78, 5) is 3.26. The lowest BCUT2D eigenvalue weighted by Gasteiger charge is -1.85. The molecule has 3 heteroatoms. The number of aromatic nitrogens is 2. The molecule has 3 aromatic rings. The van der Waals surface area contributed by atoms with Gasteiger partial charge in [-0.05, 0) is 17.6 Å². The molecule has 1 aromatic carbocycles. The van der Waals surface area contributed by atoms with Gasteiger partial charge in [0.2, 0.25) is 0 Å². The van der Waals surface area contributed by atoms with E-state index in [0.717, 1.165) is 5.65 Å². The number of hydrogen-bond acceptors (Lipinski definition) is 2. The zero-order chi connectivity index (χ0) is 7.97. The minimum Gasteiger partial charge on any atom is -0.338 e. The van der Waals surface area contributed by atoms with Gasteiger partial charge in [-0.2, -0.15) is 4.37 Å². The second-order valence-electron chi connectivity index (χ2n) is 2.75. The van der Waals surface area contributed by atoms with Gasteiger partial charge in [-0.3, -0.25) is 0 Å². The molecule has 2 nitrogen and oxygen atoms in total. The molecule has 0 fully saturated rings. The highest BCUT2D eigenvalue weighted by Gasteiger charge is 2.03. The van der Waals surface area contributed by atoms with Crippen LogP contribution < -0.4 is 0 Å². The van der Waals surface area contributed by atoms with E-state index >= 15 is 0 Å². The van der Waals surface area contributed by atoms with Gasteiger partial charge >= 0.3 is 0 Å². The van der Waals surface area contributed by atoms with Gasteiger partial charge in [0.05, 0.1) is 0 Å². The van der Waals surface area contributed by atoms with Crippen LogP contribution in [0.4, 0.5) is 0 Å². The second kappa shape index (κ2) is 2.08. The molecule has 0 atom stereocenters. The van der Waals surface area contributed by atoms with Crippen molar-refractivity contribution >= 4 is 33.5 Å². The Morgan fingerprint density at radius 1 is 1.17 bits per heavy atom. The Hall–Kier alpha value is -1.35. The van der Waals surface area contributed by atoms with Crippen molar-refractivity contribution < 1.29 is 0 Å². The zero-order valence-electron chi connectivity index (χ0n) is 6.24. The fourth-order valence-corrected chi connectivity index (χ4v) is 2.12. The summed E-state index contributed by atoms with van der Waals surface area (Å²) in [5, 5.41) is 4.57. The highest BCUT2D eigenvalue weighted by Crippen LogP contribution is 2.25. The van der Waals surface area contributed by atoms with E-state index in [-0.39, 0.29) is 0 Å². The molecule has 3 rings (SSSR count). The minimum absolute atomic E-state index is 1.00. The number of benzene rings is 1. The molecule has 0 amide bonds. The maximum atomic E-state index is 4.24. The fraction of sp³-hybridized carbons (Fsp3) is 0. The number of nitrogens with zero attached hydrogens (tertiary/aromatic N) is 1. The van der Waals surface area contributed by atoms with E-state index in [1.807, 2.05) is 12.1 Å². The largest absolute Gasteiger partial charge is 0.338 e. The van der Waals surface area contributed by atoms with Crippen LogP contribution in [0.2, 0.25) is 0 Å². The highest BCUT2D eigenvalue weighted by molar-refractivity contribution is 7.04. The fourth-order valence-electron chi connectivity index (χ4n) is 1.47. The smallest absolute Gasteiger partial charge is 0.152 e. The number of H-pyrrole nitrogens is 1. The normalized spacial score (nSPS) is 11.3. The number of fused-ring (bicyclic) bond motifs is 3. The first-order chi connectivity index (χ1) is 5.95. The quantitative estimate of drug-likeness (QED) is 0.557. The summed E-state index contributed by atoms with van der Waals surface area (Å²) in [5.74, 6) is 0. The topological polar surface area (TPSA) is 28.7 Å². The number of hydrogen-bond donors (Lipinski definition) is 1. The Bertz CT molecular complexity index is 534. The van der Waals surface area contributed by atoms with Crippen molar-refractivity contribution in [2.45, 2.75) is 0 Å². The van der Waals surface area contributed by atoms with Crippen LogP contribution in [0.1, 0.15) is 0 Å². The monoisotopic (exact) mass is 174 g/mol. The van der Waals surface area contributed by atoms with E-state index in [1.165, 1.54) is 27.8 Å². The molecular weight excluding hydrogens is 168 g/mol. The minimum atomic E-state index is 1.00. The molecule has 0 aliphatic carbocycles. The van der Waals surface area contributed by atoms with Crippen LogP contribution >= 0.6 is 11.5 Å². The number of rotatable bonds is 0. The van der Waals surface area contributed by atoms with Crippen molar-refractivity contribution in [1.82, 2.24) is 9.36 Å². The van der Waals surface area contributed by atoms with Crippen LogP contribution in [0.5, 0.6) is 0 Å². The van der Waals surface area contributed by atoms with Crippen LogP contribution in [-0.4, -0.2) is 9.36 Å². The third kappa shape index (κ3) is 0.662. The lowest BCUT2D eigenvalue weighted by atomic mass is 10.2. The first-order valence-electron chi connectivity index (χ1n) is 3.76. The molecule has 0 spiro atoms. The van der Waals surface area contributed by atoms with E-state index in [4.69, 9.17) is 0 Å². The van der Waals surface area contributed by atoms with Crippen molar-refractivity contribution in [1.29, 1.82) is 0 Å². The molecule has 58 valence electrons. The van der Waals surface area contributed by atoms with Crippen LogP contribution in [0, 0.1) is 0 Å². The SMILES string of the molecule is c1ccc2c(c1)[nH]c1nscc12. The molecule has 12 heavy (non-hydrogen) atoms. The van der Waals surface area contributed by atoms with Gasteiger partial charge in [-0.15, -0.1) is 0 Å². The summed E-state index contributed by atoms with van der Waals surface area (Å²) in [6.45, 7) is 0. The Morgan fingerprint density at radius 2 is 2.08 bits per heavy atom. The van der Waals surface area contributed by atoms with Gasteiger partial charge in [-0.25, -0.2) is 0 Å². The molecule has 0 saturated heterocycles. The molecule has 0 radical (unpaired) electrons. The van der Waals surface area contributed by atoms with Crippen molar-refractivity contribution in [2.75, 3.05) is 0 Å². The van der Waals surface area contributed by atoms with Crippen LogP contribution in [-0.2, 0) is 0 Å². The molecule has 2 aromatic heterocycles. The number of nitrogens with one attached hydrogen (secondary N) is 1. The van der Waals surface area contributed by atoms with E-state index in [2.05, 4.69) is 26.9 Å². The molecule has 0 aliphatic heterocycles. The van der Waals surface area contributed by atoms with Gasteiger partial charge in [0.1, 0.15) is 0 Å². The highest BCUT2D eigenvalue weighted by atomic mass is 32.1. The van der Waals surface area contributed by atoms with Gasteiger partial charge in [0, 0.05) is 21.7 Å². The third-order valence-electron chi connectivity index (χ3n) is 2.04. The van der Waals surface area contributed by atoms with Gasteiger partial charge in [-0.1, -0.05) is 18.2 Å². The molecule has 2 heterocycles. The van der Waals surface area contributed by atoms with Crippen LogP contribution in [0.15, 0.2) is 29.6 Å². The van der Waals surface area contributed by atoms with E-state index in [9.17, 15) is 0 Å². The average Bonchev–Trinajstić information content (AvgIpc) is 2.62. The molecule has 1 N–H and O–H groups in total. The van der Waals surface area contributed by atoms with E-state index in [1.54, 1.807) is 0 Å². The first kappa shape index (κ1) is 6.20.